The number of nitrogens with one attached hydrogen (secondary N) is 2. The molecule has 0 aliphatic heterocycles. The molecular formula is C16H18ClN3O4S2. The summed E-state index contributed by atoms with van der Waals surface area (Å²) in [6.07, 6.45) is 0. The second-order valence-electron chi connectivity index (χ2n) is 5.42. The predicted molar refractivity (Wildman–Crippen MR) is 102 cm³/mol. The Labute approximate surface area is 161 Å². The lowest BCUT2D eigenvalue weighted by Crippen LogP contribution is -2.34. The summed E-state index contributed by atoms with van der Waals surface area (Å²) in [6, 6.07) is 9.78. The van der Waals surface area contributed by atoms with Crippen LogP contribution in [-0.2, 0) is 26.2 Å². The first-order valence-electron chi connectivity index (χ1n) is 7.54. The van der Waals surface area contributed by atoms with Gasteiger partial charge < -0.3 is 10.6 Å². The van der Waals surface area contributed by atoms with E-state index in [9.17, 15) is 18.0 Å². The summed E-state index contributed by atoms with van der Waals surface area (Å²) in [5.41, 5.74) is 0.415. The fourth-order valence-electron chi connectivity index (χ4n) is 2.00. The minimum atomic E-state index is -3.81. The van der Waals surface area contributed by atoms with E-state index < -0.39 is 15.9 Å². The van der Waals surface area contributed by atoms with Crippen LogP contribution in [0.3, 0.4) is 0 Å². The van der Waals surface area contributed by atoms with E-state index in [2.05, 4.69) is 10.6 Å². The smallest absolute Gasteiger partial charge is 0.252 e. The van der Waals surface area contributed by atoms with Gasteiger partial charge in [0.2, 0.25) is 11.8 Å². The number of carbonyl (C=O) groups is 2. The van der Waals surface area contributed by atoms with Crippen LogP contribution >= 0.6 is 22.9 Å². The van der Waals surface area contributed by atoms with Crippen LogP contribution in [-0.4, -0.2) is 38.1 Å². The van der Waals surface area contributed by atoms with Gasteiger partial charge in [0.15, 0.2) is 0 Å². The van der Waals surface area contributed by atoms with Crippen LogP contribution in [0.2, 0.25) is 5.02 Å². The molecule has 0 fully saturated rings. The van der Waals surface area contributed by atoms with Gasteiger partial charge in [-0.05, 0) is 24.3 Å². The highest BCUT2D eigenvalue weighted by Crippen LogP contribution is 2.25. The van der Waals surface area contributed by atoms with Crippen molar-refractivity contribution in [3.05, 3.63) is 46.3 Å². The van der Waals surface area contributed by atoms with Crippen molar-refractivity contribution in [2.24, 2.45) is 0 Å². The molecule has 2 N–H and O–H groups in total. The van der Waals surface area contributed by atoms with Gasteiger partial charge in [0, 0.05) is 18.8 Å². The van der Waals surface area contributed by atoms with Crippen LogP contribution in [0, 0.1) is 0 Å². The van der Waals surface area contributed by atoms with Crippen molar-refractivity contribution in [3.8, 4) is 0 Å². The number of amides is 2. The number of nitrogens with zero attached hydrogens (tertiary/aromatic N) is 1. The van der Waals surface area contributed by atoms with Gasteiger partial charge in [-0.1, -0.05) is 23.7 Å². The zero-order valence-electron chi connectivity index (χ0n) is 14.2. The summed E-state index contributed by atoms with van der Waals surface area (Å²) in [5, 5.41) is 5.56. The van der Waals surface area contributed by atoms with Crippen LogP contribution < -0.4 is 10.6 Å². The molecule has 0 spiro atoms. The van der Waals surface area contributed by atoms with Gasteiger partial charge in [0.1, 0.15) is 4.21 Å². The molecule has 26 heavy (non-hydrogen) atoms. The van der Waals surface area contributed by atoms with Gasteiger partial charge in [0.25, 0.3) is 10.0 Å². The van der Waals surface area contributed by atoms with Gasteiger partial charge in [-0.2, -0.15) is 4.31 Å². The second kappa shape index (κ2) is 8.63. The number of anilines is 1. The molecule has 0 saturated heterocycles. The number of hydrogen-bond donors (Lipinski definition) is 2. The molecule has 7 nitrogen and oxygen atoms in total. The fourth-order valence-corrected chi connectivity index (χ4v) is 4.81. The predicted octanol–water partition coefficient (Wildman–Crippen LogP) is 2.30. The third-order valence-corrected chi connectivity index (χ3v) is 7.01. The number of benzene rings is 1. The van der Waals surface area contributed by atoms with Crippen LogP contribution in [0.5, 0.6) is 0 Å². The van der Waals surface area contributed by atoms with Crippen molar-refractivity contribution < 1.29 is 18.0 Å². The van der Waals surface area contributed by atoms with Gasteiger partial charge in [0.05, 0.1) is 23.8 Å². The monoisotopic (exact) mass is 415 g/mol. The molecule has 0 unspecified atom stereocenters. The number of likely N-dealkylation sites (N-methyl/N-ethyl adjacent to an activating group) is 1. The Kier molecular flexibility index (Phi) is 6.76. The first-order valence-corrected chi connectivity index (χ1v) is 10.2. The van der Waals surface area contributed by atoms with Crippen molar-refractivity contribution >= 4 is 50.5 Å². The highest BCUT2D eigenvalue weighted by atomic mass is 35.5. The first kappa shape index (κ1) is 20.4. The maximum Gasteiger partial charge on any atom is 0.252 e. The average molecular weight is 416 g/mol. The molecule has 2 rings (SSSR count). The molecule has 1 aromatic carbocycles. The molecule has 10 heteroatoms. The molecule has 1 heterocycles. The van der Waals surface area contributed by atoms with Gasteiger partial charge in [-0.3, -0.25) is 9.59 Å². The lowest BCUT2D eigenvalue weighted by Gasteiger charge is -2.16. The summed E-state index contributed by atoms with van der Waals surface area (Å²) < 4.78 is 26.2. The van der Waals surface area contributed by atoms with E-state index in [1.165, 1.54) is 20.0 Å². The van der Waals surface area contributed by atoms with E-state index in [0.29, 0.717) is 15.6 Å². The van der Waals surface area contributed by atoms with E-state index in [1.54, 1.807) is 30.3 Å². The quantitative estimate of drug-likeness (QED) is 0.725. The molecule has 0 radical (unpaired) electrons. The second-order valence-corrected chi connectivity index (χ2v) is 9.27. The van der Waals surface area contributed by atoms with Crippen molar-refractivity contribution in [2.45, 2.75) is 17.7 Å². The largest absolute Gasteiger partial charge is 0.351 e. The van der Waals surface area contributed by atoms with E-state index in [4.69, 9.17) is 11.6 Å². The highest BCUT2D eigenvalue weighted by molar-refractivity contribution is 7.91. The normalized spacial score (nSPS) is 11.4. The average Bonchev–Trinajstić information content (AvgIpc) is 3.04. The lowest BCUT2D eigenvalue weighted by molar-refractivity contribution is -0.119. The van der Waals surface area contributed by atoms with Gasteiger partial charge >= 0.3 is 0 Å². The minimum absolute atomic E-state index is 0.103. The topological polar surface area (TPSA) is 95.6 Å². The number of para-hydroxylation sites is 1. The van der Waals surface area contributed by atoms with E-state index in [-0.39, 0.29) is 23.2 Å². The Morgan fingerprint density at radius 1 is 1.19 bits per heavy atom. The maximum atomic E-state index is 12.6. The highest BCUT2D eigenvalue weighted by Gasteiger charge is 2.25. The summed E-state index contributed by atoms with van der Waals surface area (Å²) in [7, 11) is -2.48. The zero-order valence-corrected chi connectivity index (χ0v) is 16.5. The molecule has 0 aliphatic rings. The number of halogens is 1. The number of sulfonamides is 1. The van der Waals surface area contributed by atoms with Crippen LogP contribution in [0.4, 0.5) is 5.69 Å². The SMILES string of the molecule is CC(=O)NCc1ccc(S(=O)(=O)N(C)CC(=O)Nc2ccccc2Cl)s1. The van der Waals surface area contributed by atoms with E-state index >= 15 is 0 Å². The molecule has 0 saturated carbocycles. The molecule has 2 aromatic rings. The third kappa shape index (κ3) is 5.28. The summed E-state index contributed by atoms with van der Waals surface area (Å²) in [4.78, 5) is 23.8. The van der Waals surface area contributed by atoms with Crippen LogP contribution in [0.1, 0.15) is 11.8 Å². The first-order chi connectivity index (χ1) is 12.2. The van der Waals surface area contributed by atoms with Crippen molar-refractivity contribution in [3.63, 3.8) is 0 Å². The molecule has 0 atom stereocenters. The molecule has 1 aromatic heterocycles. The Morgan fingerprint density at radius 3 is 2.54 bits per heavy atom. The van der Waals surface area contributed by atoms with Gasteiger partial charge in [-0.25, -0.2) is 8.42 Å². The lowest BCUT2D eigenvalue weighted by atomic mass is 10.3. The maximum absolute atomic E-state index is 12.6. The Morgan fingerprint density at radius 2 is 1.88 bits per heavy atom. The molecule has 2 amide bonds. The van der Waals surface area contributed by atoms with E-state index in [1.807, 2.05) is 0 Å². The van der Waals surface area contributed by atoms with E-state index in [0.717, 1.165) is 15.6 Å². The number of thiophene rings is 1. The molecular weight excluding hydrogens is 398 g/mol. The summed E-state index contributed by atoms with van der Waals surface area (Å²) in [6.45, 7) is 1.29. The Balaban J connectivity index is 2.03. The number of hydrogen-bond acceptors (Lipinski definition) is 5. The van der Waals surface area contributed by atoms with Gasteiger partial charge in [-0.15, -0.1) is 11.3 Å². The minimum Gasteiger partial charge on any atom is -0.351 e. The van der Waals surface area contributed by atoms with Crippen molar-refractivity contribution in [1.29, 1.82) is 0 Å². The standard InChI is InChI=1S/C16H18ClN3O4S2/c1-11(21)18-9-12-7-8-16(25-12)26(23,24)20(2)10-15(22)19-14-6-4-3-5-13(14)17/h3-8H,9-10H2,1-2H3,(H,18,21)(H,19,22). The summed E-state index contributed by atoms with van der Waals surface area (Å²) in [5.74, 6) is -0.699. The van der Waals surface area contributed by atoms with Crippen molar-refractivity contribution in [2.75, 3.05) is 18.9 Å². The fraction of sp³-hybridized carbons (Fsp3) is 0.250. The van der Waals surface area contributed by atoms with Crippen LogP contribution in [0.15, 0.2) is 40.6 Å². The molecule has 0 aliphatic carbocycles. The number of carbonyl (C=O) groups excluding carboxylic acids is 2. The Hall–Kier alpha value is -1.94. The Bertz CT molecular complexity index is 912. The molecule has 0 bridgehead atoms. The summed E-state index contributed by atoms with van der Waals surface area (Å²) >= 11 is 7.02. The van der Waals surface area contributed by atoms with Crippen molar-refractivity contribution in [1.82, 2.24) is 9.62 Å². The molecule has 140 valence electrons. The zero-order chi connectivity index (χ0) is 19.3. The number of rotatable bonds is 7. The van der Waals surface area contributed by atoms with Crippen LogP contribution in [0.25, 0.3) is 0 Å². The third-order valence-electron chi connectivity index (χ3n) is 3.33.